The smallest absolute Gasteiger partial charge is 0.410 e. The quantitative estimate of drug-likeness (QED) is 0.600. The number of nitrogens with one attached hydrogen (secondary N) is 1. The second kappa shape index (κ2) is 11.7. The van der Waals surface area contributed by atoms with Crippen molar-refractivity contribution in [3.05, 3.63) is 71.8 Å². The van der Waals surface area contributed by atoms with E-state index < -0.39 is 5.60 Å². The average molecular weight is 492 g/mol. The number of benzene rings is 2. The SMILES string of the molecule is CC(C)(C)OC(=O)N1CC(=NNC(=O)CCN2CCN(C(c3ccccc3)c3ccccc3)CC2)C1. The standard InChI is InChI=1S/C28H37N5O3/c1-28(2,3)36-27(35)33-20-24(21-33)29-30-25(34)14-15-31-16-18-32(19-17-31)26(22-10-6-4-7-11-22)23-12-8-5-9-13-23/h4-13,26H,14-21H2,1-3H3,(H,30,34). The summed E-state index contributed by atoms with van der Waals surface area (Å²) in [5.74, 6) is -0.105. The molecule has 0 unspecified atom stereocenters. The fourth-order valence-corrected chi connectivity index (χ4v) is 4.51. The topological polar surface area (TPSA) is 77.5 Å². The lowest BCUT2D eigenvalue weighted by molar-refractivity contribution is -0.121. The molecule has 2 saturated heterocycles. The molecule has 2 aliphatic heterocycles. The van der Waals surface area contributed by atoms with Gasteiger partial charge in [0.15, 0.2) is 0 Å². The van der Waals surface area contributed by atoms with Crippen LogP contribution >= 0.6 is 0 Å². The Balaban J connectivity index is 1.20. The summed E-state index contributed by atoms with van der Waals surface area (Å²) in [7, 11) is 0. The number of carbonyl (C=O) groups excluding carboxylic acids is 2. The molecule has 8 nitrogen and oxygen atoms in total. The maximum absolute atomic E-state index is 12.3. The van der Waals surface area contributed by atoms with Crippen molar-refractivity contribution < 1.29 is 14.3 Å². The molecular weight excluding hydrogens is 454 g/mol. The molecule has 2 aromatic rings. The lowest BCUT2D eigenvalue weighted by atomic mass is 9.96. The Bertz CT molecular complexity index is 996. The van der Waals surface area contributed by atoms with Gasteiger partial charge in [-0.15, -0.1) is 0 Å². The Hall–Kier alpha value is -3.23. The summed E-state index contributed by atoms with van der Waals surface area (Å²) in [5, 5.41) is 4.17. The summed E-state index contributed by atoms with van der Waals surface area (Å²) in [6.07, 6.45) is 0.0431. The Morgan fingerprint density at radius 3 is 2.00 bits per heavy atom. The first-order chi connectivity index (χ1) is 17.3. The fraction of sp³-hybridized carbons (Fsp3) is 0.464. The number of rotatable bonds is 7. The summed E-state index contributed by atoms with van der Waals surface area (Å²) in [5.41, 5.74) is 5.49. The fourth-order valence-electron chi connectivity index (χ4n) is 4.51. The maximum atomic E-state index is 12.3. The van der Waals surface area contributed by atoms with Gasteiger partial charge in [-0.05, 0) is 31.9 Å². The van der Waals surface area contributed by atoms with Crippen LogP contribution in [0.3, 0.4) is 0 Å². The van der Waals surface area contributed by atoms with E-state index in [1.54, 1.807) is 4.90 Å². The van der Waals surface area contributed by atoms with Gasteiger partial charge >= 0.3 is 6.09 Å². The highest BCUT2D eigenvalue weighted by atomic mass is 16.6. The molecule has 0 radical (unpaired) electrons. The predicted molar refractivity (Wildman–Crippen MR) is 141 cm³/mol. The van der Waals surface area contributed by atoms with Crippen molar-refractivity contribution in [1.29, 1.82) is 0 Å². The highest BCUT2D eigenvalue weighted by Gasteiger charge is 2.31. The van der Waals surface area contributed by atoms with E-state index in [0.717, 1.165) is 31.9 Å². The number of nitrogens with zero attached hydrogens (tertiary/aromatic N) is 4. The first-order valence-electron chi connectivity index (χ1n) is 12.7. The molecule has 36 heavy (non-hydrogen) atoms. The molecule has 0 saturated carbocycles. The first-order valence-corrected chi connectivity index (χ1v) is 12.7. The van der Waals surface area contributed by atoms with Gasteiger partial charge in [-0.1, -0.05) is 60.7 Å². The highest BCUT2D eigenvalue weighted by molar-refractivity contribution is 5.99. The van der Waals surface area contributed by atoms with E-state index in [2.05, 4.69) is 81.0 Å². The van der Waals surface area contributed by atoms with Crippen LogP contribution in [-0.2, 0) is 9.53 Å². The van der Waals surface area contributed by atoms with E-state index in [0.29, 0.717) is 26.1 Å². The number of likely N-dealkylation sites (tertiary alicyclic amines) is 1. The van der Waals surface area contributed by atoms with Gasteiger partial charge in [-0.25, -0.2) is 10.2 Å². The Morgan fingerprint density at radius 1 is 0.917 bits per heavy atom. The number of piperazine rings is 1. The van der Waals surface area contributed by atoms with Gasteiger partial charge in [-0.3, -0.25) is 14.6 Å². The summed E-state index contributed by atoms with van der Waals surface area (Å²) >= 11 is 0. The monoisotopic (exact) mass is 491 g/mol. The van der Waals surface area contributed by atoms with Crippen molar-refractivity contribution >= 4 is 17.7 Å². The van der Waals surface area contributed by atoms with Crippen LogP contribution < -0.4 is 5.43 Å². The molecule has 192 valence electrons. The Morgan fingerprint density at radius 2 is 1.47 bits per heavy atom. The number of carbonyl (C=O) groups is 2. The molecular formula is C28H37N5O3. The number of ether oxygens (including phenoxy) is 1. The zero-order valence-corrected chi connectivity index (χ0v) is 21.5. The van der Waals surface area contributed by atoms with Crippen molar-refractivity contribution in [1.82, 2.24) is 20.1 Å². The van der Waals surface area contributed by atoms with Crippen molar-refractivity contribution in [3.8, 4) is 0 Å². The minimum Gasteiger partial charge on any atom is -0.444 e. The second-order valence-electron chi connectivity index (χ2n) is 10.4. The van der Waals surface area contributed by atoms with Crippen molar-refractivity contribution in [2.75, 3.05) is 45.8 Å². The van der Waals surface area contributed by atoms with Gasteiger partial charge in [-0.2, -0.15) is 5.10 Å². The maximum Gasteiger partial charge on any atom is 0.410 e. The zero-order valence-electron chi connectivity index (χ0n) is 21.5. The molecule has 0 aromatic heterocycles. The minimum atomic E-state index is -0.520. The predicted octanol–water partition coefficient (Wildman–Crippen LogP) is 3.51. The number of hydrogen-bond acceptors (Lipinski definition) is 6. The molecule has 2 aromatic carbocycles. The van der Waals surface area contributed by atoms with E-state index in [-0.39, 0.29) is 18.0 Å². The van der Waals surface area contributed by atoms with Crippen LogP contribution in [0.1, 0.15) is 44.4 Å². The van der Waals surface area contributed by atoms with Crippen LogP contribution in [0.2, 0.25) is 0 Å². The third kappa shape index (κ3) is 7.15. The van der Waals surface area contributed by atoms with E-state index in [9.17, 15) is 9.59 Å². The van der Waals surface area contributed by atoms with Crippen LogP contribution in [0.4, 0.5) is 4.79 Å². The van der Waals surface area contributed by atoms with Gasteiger partial charge in [0.2, 0.25) is 5.91 Å². The van der Waals surface area contributed by atoms with E-state index in [1.165, 1.54) is 11.1 Å². The minimum absolute atomic E-state index is 0.105. The molecule has 0 spiro atoms. The number of hydrazone groups is 1. The lowest BCUT2D eigenvalue weighted by Crippen LogP contribution is -2.53. The molecule has 1 N–H and O–H groups in total. The number of amides is 2. The molecule has 2 aliphatic rings. The van der Waals surface area contributed by atoms with E-state index in [1.807, 2.05) is 20.8 Å². The Kier molecular flexibility index (Phi) is 8.38. The number of hydrogen-bond donors (Lipinski definition) is 1. The third-order valence-corrected chi connectivity index (χ3v) is 6.39. The normalized spacial score (nSPS) is 17.0. The molecule has 2 amide bonds. The van der Waals surface area contributed by atoms with Crippen molar-refractivity contribution in [3.63, 3.8) is 0 Å². The summed E-state index contributed by atoms with van der Waals surface area (Å²) in [6, 6.07) is 21.5. The van der Waals surface area contributed by atoms with Crippen LogP contribution in [0, 0.1) is 0 Å². The van der Waals surface area contributed by atoms with Crippen LogP contribution in [0.15, 0.2) is 65.8 Å². The molecule has 0 bridgehead atoms. The van der Waals surface area contributed by atoms with Crippen LogP contribution in [0.25, 0.3) is 0 Å². The molecule has 0 atom stereocenters. The average Bonchev–Trinajstić information content (AvgIpc) is 2.83. The molecule has 0 aliphatic carbocycles. The van der Waals surface area contributed by atoms with Crippen molar-refractivity contribution in [2.24, 2.45) is 5.10 Å². The van der Waals surface area contributed by atoms with Gasteiger partial charge in [0.25, 0.3) is 0 Å². The summed E-state index contributed by atoms with van der Waals surface area (Å²) in [6.45, 7) is 10.7. The molecule has 2 heterocycles. The molecule has 8 heteroatoms. The second-order valence-corrected chi connectivity index (χ2v) is 10.4. The van der Waals surface area contributed by atoms with Crippen molar-refractivity contribution in [2.45, 2.75) is 38.8 Å². The van der Waals surface area contributed by atoms with Crippen LogP contribution in [-0.4, -0.2) is 83.8 Å². The van der Waals surface area contributed by atoms with Gasteiger partial charge in [0.1, 0.15) is 5.60 Å². The largest absolute Gasteiger partial charge is 0.444 e. The molecule has 2 fully saturated rings. The molecule has 4 rings (SSSR count). The van der Waals surface area contributed by atoms with Gasteiger partial charge in [0, 0.05) is 39.1 Å². The third-order valence-electron chi connectivity index (χ3n) is 6.39. The van der Waals surface area contributed by atoms with E-state index in [4.69, 9.17) is 4.74 Å². The van der Waals surface area contributed by atoms with Gasteiger partial charge < -0.3 is 9.64 Å². The summed E-state index contributed by atoms with van der Waals surface area (Å²) in [4.78, 5) is 30.7. The highest BCUT2D eigenvalue weighted by Crippen LogP contribution is 2.29. The lowest BCUT2D eigenvalue weighted by Gasteiger charge is -2.39. The van der Waals surface area contributed by atoms with Gasteiger partial charge in [0.05, 0.1) is 24.8 Å². The van der Waals surface area contributed by atoms with Crippen LogP contribution in [0.5, 0.6) is 0 Å². The Labute approximate surface area is 213 Å². The zero-order chi connectivity index (χ0) is 25.5. The summed E-state index contributed by atoms with van der Waals surface area (Å²) < 4.78 is 5.33. The van der Waals surface area contributed by atoms with E-state index >= 15 is 0 Å². The first kappa shape index (κ1) is 25.9.